The fourth-order valence-corrected chi connectivity index (χ4v) is 2.34. The summed E-state index contributed by atoms with van der Waals surface area (Å²) in [6.45, 7) is 11.4. The Hall–Kier alpha value is -0.840. The van der Waals surface area contributed by atoms with Crippen molar-refractivity contribution in [3.63, 3.8) is 0 Å². The average Bonchev–Trinajstić information content (AvgIpc) is 2.72. The molecule has 1 aromatic rings. The van der Waals surface area contributed by atoms with E-state index in [4.69, 9.17) is 11.6 Å². The highest BCUT2D eigenvalue weighted by Gasteiger charge is 2.11. The van der Waals surface area contributed by atoms with Crippen LogP contribution < -0.4 is 5.32 Å². The Balaban J connectivity index is 2.68. The molecule has 0 fully saturated rings. The molecule has 1 N–H and O–H groups in total. The maximum absolute atomic E-state index is 6.29. The van der Waals surface area contributed by atoms with Gasteiger partial charge in [-0.15, -0.1) is 0 Å². The topological polar surface area (TPSA) is 33.1 Å². The second kappa shape index (κ2) is 7.97. The standard InChI is InChI=1S/C16H29ClN4/c1-13(8-7-9-18-16(2,3)4)15-14(17)12-19-21(15)11-10-20(5)6/h8,12,18H,7,9-11H2,1-6H3. The number of rotatable bonds is 7. The first kappa shape index (κ1) is 18.2. The molecule has 0 saturated heterocycles. The molecule has 1 rings (SSSR count). The van der Waals surface area contributed by atoms with Gasteiger partial charge in [-0.25, -0.2) is 0 Å². The van der Waals surface area contributed by atoms with E-state index in [2.05, 4.69) is 63.2 Å². The molecule has 0 aliphatic heterocycles. The van der Waals surface area contributed by atoms with Crippen molar-refractivity contribution in [2.75, 3.05) is 27.2 Å². The van der Waals surface area contributed by atoms with Crippen molar-refractivity contribution in [2.45, 2.75) is 46.2 Å². The molecular formula is C16H29ClN4. The number of aromatic nitrogens is 2. The zero-order valence-corrected chi connectivity index (χ0v) is 15.0. The molecule has 1 heterocycles. The van der Waals surface area contributed by atoms with Crippen LogP contribution in [0.15, 0.2) is 12.3 Å². The summed E-state index contributed by atoms with van der Waals surface area (Å²) in [4.78, 5) is 2.14. The second-order valence-electron chi connectivity index (χ2n) is 6.72. The minimum Gasteiger partial charge on any atom is -0.312 e. The van der Waals surface area contributed by atoms with Crippen LogP contribution in [0.1, 0.15) is 39.8 Å². The van der Waals surface area contributed by atoms with Crippen molar-refractivity contribution in [3.05, 3.63) is 23.0 Å². The normalized spacial score (nSPS) is 13.2. The van der Waals surface area contributed by atoms with Crippen LogP contribution in [0.5, 0.6) is 0 Å². The lowest BCUT2D eigenvalue weighted by molar-refractivity contribution is 0.372. The molecule has 5 heteroatoms. The summed E-state index contributed by atoms with van der Waals surface area (Å²) in [7, 11) is 4.12. The zero-order valence-electron chi connectivity index (χ0n) is 14.2. The van der Waals surface area contributed by atoms with Crippen molar-refractivity contribution in [2.24, 2.45) is 0 Å². The molecule has 0 atom stereocenters. The zero-order chi connectivity index (χ0) is 16.0. The Kier molecular flexibility index (Phi) is 6.91. The highest BCUT2D eigenvalue weighted by molar-refractivity contribution is 6.32. The number of hydrogen-bond donors (Lipinski definition) is 1. The first-order valence-corrected chi connectivity index (χ1v) is 7.86. The number of likely N-dealkylation sites (N-methyl/N-ethyl adjacent to an activating group) is 1. The lowest BCUT2D eigenvalue weighted by Gasteiger charge is -2.20. The number of hydrogen-bond acceptors (Lipinski definition) is 3. The smallest absolute Gasteiger partial charge is 0.0862 e. The fraction of sp³-hybridized carbons (Fsp3) is 0.688. The van der Waals surface area contributed by atoms with Crippen LogP contribution in [0.25, 0.3) is 5.57 Å². The Morgan fingerprint density at radius 3 is 2.67 bits per heavy atom. The van der Waals surface area contributed by atoms with Crippen molar-refractivity contribution in [3.8, 4) is 0 Å². The van der Waals surface area contributed by atoms with E-state index in [-0.39, 0.29) is 5.54 Å². The van der Waals surface area contributed by atoms with E-state index in [0.717, 1.165) is 36.8 Å². The molecule has 0 aliphatic rings. The molecule has 21 heavy (non-hydrogen) atoms. The highest BCUT2D eigenvalue weighted by Crippen LogP contribution is 2.23. The van der Waals surface area contributed by atoms with Crippen LogP contribution in [-0.4, -0.2) is 47.4 Å². The molecular weight excluding hydrogens is 284 g/mol. The third-order valence-electron chi connectivity index (χ3n) is 3.18. The van der Waals surface area contributed by atoms with E-state index in [0.29, 0.717) is 0 Å². The largest absolute Gasteiger partial charge is 0.312 e. The van der Waals surface area contributed by atoms with Crippen LogP contribution in [0.4, 0.5) is 0 Å². The summed E-state index contributed by atoms with van der Waals surface area (Å²) in [6, 6.07) is 0. The van der Waals surface area contributed by atoms with Crippen LogP contribution in [0, 0.1) is 0 Å². The van der Waals surface area contributed by atoms with Gasteiger partial charge in [0.2, 0.25) is 0 Å². The van der Waals surface area contributed by atoms with Crippen molar-refractivity contribution in [1.82, 2.24) is 20.0 Å². The molecule has 0 spiro atoms. The van der Waals surface area contributed by atoms with Crippen LogP contribution in [-0.2, 0) is 6.54 Å². The Morgan fingerprint density at radius 2 is 2.10 bits per heavy atom. The first-order valence-electron chi connectivity index (χ1n) is 7.49. The predicted octanol–water partition coefficient (Wildman–Crippen LogP) is 3.28. The number of halogens is 1. The molecule has 0 aromatic carbocycles. The minimum atomic E-state index is 0.160. The summed E-state index contributed by atoms with van der Waals surface area (Å²) in [5, 5.41) is 8.59. The maximum atomic E-state index is 6.29. The summed E-state index contributed by atoms with van der Waals surface area (Å²) >= 11 is 6.29. The van der Waals surface area contributed by atoms with Gasteiger partial charge in [0, 0.05) is 12.1 Å². The summed E-state index contributed by atoms with van der Waals surface area (Å²) in [6.07, 6.45) is 4.95. The fourth-order valence-electron chi connectivity index (χ4n) is 2.05. The van der Waals surface area contributed by atoms with E-state index in [1.54, 1.807) is 6.20 Å². The monoisotopic (exact) mass is 312 g/mol. The summed E-state index contributed by atoms with van der Waals surface area (Å²) in [5.41, 5.74) is 2.38. The Labute approximate surface area is 134 Å². The summed E-state index contributed by atoms with van der Waals surface area (Å²) in [5.74, 6) is 0. The van der Waals surface area contributed by atoms with Crippen LogP contribution in [0.3, 0.4) is 0 Å². The van der Waals surface area contributed by atoms with Gasteiger partial charge in [-0.1, -0.05) is 17.7 Å². The lowest BCUT2D eigenvalue weighted by atomic mass is 10.1. The molecule has 0 unspecified atom stereocenters. The van der Waals surface area contributed by atoms with Gasteiger partial charge in [0.15, 0.2) is 0 Å². The molecule has 1 aromatic heterocycles. The first-order chi connectivity index (χ1) is 9.70. The van der Waals surface area contributed by atoms with Gasteiger partial charge in [0.1, 0.15) is 0 Å². The van der Waals surface area contributed by atoms with Crippen molar-refractivity contribution >= 4 is 17.2 Å². The van der Waals surface area contributed by atoms with E-state index >= 15 is 0 Å². The molecule has 0 amide bonds. The Bertz CT molecular complexity index is 469. The van der Waals surface area contributed by atoms with Crippen molar-refractivity contribution < 1.29 is 0 Å². The SMILES string of the molecule is CC(=CCCNC(C)(C)C)c1c(Cl)cnn1CCN(C)C. The lowest BCUT2D eigenvalue weighted by Crippen LogP contribution is -2.36. The second-order valence-corrected chi connectivity index (χ2v) is 7.13. The predicted molar refractivity (Wildman–Crippen MR) is 91.8 cm³/mol. The van der Waals surface area contributed by atoms with Gasteiger partial charge in [0.05, 0.1) is 23.5 Å². The third-order valence-corrected chi connectivity index (χ3v) is 3.45. The van der Waals surface area contributed by atoms with Gasteiger partial charge < -0.3 is 10.2 Å². The van der Waals surface area contributed by atoms with Gasteiger partial charge in [-0.05, 0) is 60.3 Å². The molecule has 0 radical (unpaired) electrons. The number of nitrogens with one attached hydrogen (secondary N) is 1. The van der Waals surface area contributed by atoms with Gasteiger partial charge in [0.25, 0.3) is 0 Å². The molecule has 4 nitrogen and oxygen atoms in total. The molecule has 0 aliphatic carbocycles. The van der Waals surface area contributed by atoms with E-state index in [1.807, 2.05) is 4.68 Å². The Morgan fingerprint density at radius 1 is 1.43 bits per heavy atom. The molecule has 0 bridgehead atoms. The molecule has 0 saturated carbocycles. The van der Waals surface area contributed by atoms with Crippen LogP contribution in [0.2, 0.25) is 5.02 Å². The van der Waals surface area contributed by atoms with E-state index in [9.17, 15) is 0 Å². The number of nitrogens with zero attached hydrogens (tertiary/aromatic N) is 3. The quantitative estimate of drug-likeness (QED) is 0.784. The van der Waals surface area contributed by atoms with Gasteiger partial charge >= 0.3 is 0 Å². The average molecular weight is 313 g/mol. The van der Waals surface area contributed by atoms with Gasteiger partial charge in [-0.2, -0.15) is 5.10 Å². The summed E-state index contributed by atoms with van der Waals surface area (Å²) < 4.78 is 1.99. The maximum Gasteiger partial charge on any atom is 0.0862 e. The van der Waals surface area contributed by atoms with Crippen molar-refractivity contribution in [1.29, 1.82) is 0 Å². The number of allylic oxidation sites excluding steroid dienone is 1. The minimum absolute atomic E-state index is 0.160. The third kappa shape index (κ3) is 6.64. The van der Waals surface area contributed by atoms with E-state index < -0.39 is 0 Å². The molecule has 120 valence electrons. The van der Waals surface area contributed by atoms with Gasteiger partial charge in [-0.3, -0.25) is 4.68 Å². The van der Waals surface area contributed by atoms with E-state index in [1.165, 1.54) is 5.57 Å². The van der Waals surface area contributed by atoms with Crippen LogP contribution >= 0.6 is 11.6 Å². The highest BCUT2D eigenvalue weighted by atomic mass is 35.5.